The number of methoxy groups -OCH3 is 2. The molecule has 0 bridgehead atoms. The summed E-state index contributed by atoms with van der Waals surface area (Å²) in [6.45, 7) is 2.39. The quantitative estimate of drug-likeness (QED) is 0.387. The lowest BCUT2D eigenvalue weighted by atomic mass is 9.99. The highest BCUT2D eigenvalue weighted by Gasteiger charge is 2.28. The van der Waals surface area contributed by atoms with Crippen molar-refractivity contribution in [1.29, 1.82) is 0 Å². The van der Waals surface area contributed by atoms with Gasteiger partial charge in [-0.05, 0) is 55.5 Å². The molecule has 2 N–H and O–H groups in total. The number of benzene rings is 2. The number of thiazole rings is 1. The molecule has 188 valence electrons. The van der Waals surface area contributed by atoms with Gasteiger partial charge in [-0.2, -0.15) is 0 Å². The van der Waals surface area contributed by atoms with Gasteiger partial charge >= 0.3 is 5.97 Å². The van der Waals surface area contributed by atoms with E-state index in [1.165, 1.54) is 30.2 Å². The third kappa shape index (κ3) is 5.58. The molecule has 35 heavy (non-hydrogen) atoms. The van der Waals surface area contributed by atoms with Crippen LogP contribution in [0, 0.1) is 18.7 Å². The van der Waals surface area contributed by atoms with Crippen molar-refractivity contribution in [3.63, 3.8) is 0 Å². The van der Waals surface area contributed by atoms with E-state index in [0.717, 1.165) is 24.5 Å². The molecule has 0 amide bonds. The zero-order valence-corrected chi connectivity index (χ0v) is 20.9. The Balaban J connectivity index is 1.66. The molecule has 1 aliphatic carbocycles. The minimum absolute atomic E-state index is 0.181. The van der Waals surface area contributed by atoms with E-state index < -0.39 is 24.0 Å². The van der Waals surface area contributed by atoms with Crippen molar-refractivity contribution in [2.75, 3.05) is 20.8 Å². The van der Waals surface area contributed by atoms with Gasteiger partial charge < -0.3 is 24.4 Å². The zero-order chi connectivity index (χ0) is 25.1. The lowest BCUT2D eigenvalue weighted by Crippen LogP contribution is -2.27. The Bertz CT molecular complexity index is 1180. The molecule has 2 unspecified atom stereocenters. The van der Waals surface area contributed by atoms with E-state index in [9.17, 15) is 19.4 Å². The maximum atomic E-state index is 14.0. The minimum atomic E-state index is -1.24. The Morgan fingerprint density at radius 2 is 1.83 bits per heavy atom. The first-order chi connectivity index (χ1) is 16.8. The summed E-state index contributed by atoms with van der Waals surface area (Å²) in [4.78, 5) is 16.1. The third-order valence-corrected chi connectivity index (χ3v) is 7.62. The smallest absolute Gasteiger partial charge is 0.338 e. The third-order valence-electron chi connectivity index (χ3n) is 6.60. The number of ether oxygens (including phenoxy) is 3. The second-order valence-corrected chi connectivity index (χ2v) is 10.0. The van der Waals surface area contributed by atoms with Crippen LogP contribution in [0.3, 0.4) is 0 Å². The first-order valence-electron chi connectivity index (χ1n) is 11.6. The SMILES string of the molecule is COc1cc(C(O)C(Cc2nc3c(C(=O)O)cc(F)cc3s2)OCC2CCCC2)cc(OC)c1C. The van der Waals surface area contributed by atoms with Crippen molar-refractivity contribution in [3.8, 4) is 11.5 Å². The van der Waals surface area contributed by atoms with Crippen molar-refractivity contribution >= 4 is 27.5 Å². The predicted molar refractivity (Wildman–Crippen MR) is 131 cm³/mol. The summed E-state index contributed by atoms with van der Waals surface area (Å²) in [6, 6.07) is 5.79. The fourth-order valence-corrected chi connectivity index (χ4v) is 5.72. The summed E-state index contributed by atoms with van der Waals surface area (Å²) < 4.78 is 31.6. The van der Waals surface area contributed by atoms with Gasteiger partial charge in [0, 0.05) is 18.6 Å². The molecule has 1 fully saturated rings. The highest BCUT2D eigenvalue weighted by molar-refractivity contribution is 7.18. The number of carbonyl (C=O) groups is 1. The predicted octanol–water partition coefficient (Wildman–Crippen LogP) is 5.31. The van der Waals surface area contributed by atoms with Gasteiger partial charge in [0.15, 0.2) is 0 Å². The standard InChI is InChI=1S/C26H30FNO6S/c1-14-19(32-2)8-16(9-20(14)33-3)25(29)21(34-13-15-6-4-5-7-15)12-23-28-24-18(26(30)31)10-17(27)11-22(24)35-23/h8-11,15,21,25,29H,4-7,12-13H2,1-3H3,(H,30,31). The van der Waals surface area contributed by atoms with Crippen LogP contribution in [0.4, 0.5) is 4.39 Å². The molecule has 1 saturated carbocycles. The van der Waals surface area contributed by atoms with Crippen LogP contribution < -0.4 is 9.47 Å². The molecule has 1 aliphatic rings. The summed E-state index contributed by atoms with van der Waals surface area (Å²) in [5, 5.41) is 21.4. The molecule has 0 saturated heterocycles. The van der Waals surface area contributed by atoms with Crippen LogP contribution in [0.5, 0.6) is 11.5 Å². The van der Waals surface area contributed by atoms with Gasteiger partial charge in [0.1, 0.15) is 23.4 Å². The molecule has 0 radical (unpaired) electrons. The van der Waals surface area contributed by atoms with Gasteiger partial charge in [-0.15, -0.1) is 11.3 Å². The number of carboxylic acids is 1. The number of rotatable bonds is 10. The second-order valence-electron chi connectivity index (χ2n) is 8.93. The van der Waals surface area contributed by atoms with Crippen LogP contribution in [-0.2, 0) is 11.2 Å². The van der Waals surface area contributed by atoms with Crippen LogP contribution in [-0.4, -0.2) is 48.1 Å². The lowest BCUT2D eigenvalue weighted by molar-refractivity contribution is -0.0500. The van der Waals surface area contributed by atoms with Gasteiger partial charge in [0.05, 0.1) is 41.1 Å². The maximum absolute atomic E-state index is 14.0. The number of nitrogens with zero attached hydrogens (tertiary/aromatic N) is 1. The molecule has 7 nitrogen and oxygen atoms in total. The van der Waals surface area contributed by atoms with Crippen LogP contribution >= 0.6 is 11.3 Å². The van der Waals surface area contributed by atoms with Gasteiger partial charge in [0.25, 0.3) is 0 Å². The molecule has 0 aliphatic heterocycles. The zero-order valence-electron chi connectivity index (χ0n) is 20.0. The van der Waals surface area contributed by atoms with E-state index in [1.807, 2.05) is 6.92 Å². The molecule has 3 aromatic rings. The Kier molecular flexibility index (Phi) is 7.88. The average molecular weight is 504 g/mol. The molecular formula is C26H30FNO6S. The summed E-state index contributed by atoms with van der Waals surface area (Å²) in [5.41, 5.74) is 1.46. The number of hydrogen-bond donors (Lipinski definition) is 2. The second kappa shape index (κ2) is 10.9. The van der Waals surface area contributed by atoms with Crippen LogP contribution in [0.2, 0.25) is 0 Å². The van der Waals surface area contributed by atoms with E-state index >= 15 is 0 Å². The first-order valence-corrected chi connectivity index (χ1v) is 12.5. The molecule has 9 heteroatoms. The molecule has 4 rings (SSSR count). The number of aliphatic hydroxyl groups excluding tert-OH is 1. The van der Waals surface area contributed by atoms with Gasteiger partial charge in [0.2, 0.25) is 0 Å². The van der Waals surface area contributed by atoms with E-state index in [0.29, 0.717) is 39.3 Å². The van der Waals surface area contributed by atoms with Gasteiger partial charge in [-0.3, -0.25) is 0 Å². The summed E-state index contributed by atoms with van der Waals surface area (Å²) in [6.07, 6.45) is 3.12. The van der Waals surface area contributed by atoms with Crippen LogP contribution in [0.15, 0.2) is 24.3 Å². The lowest BCUT2D eigenvalue weighted by Gasteiger charge is -2.25. The highest BCUT2D eigenvalue weighted by Crippen LogP contribution is 2.36. The summed E-state index contributed by atoms with van der Waals surface area (Å²) in [7, 11) is 3.12. The van der Waals surface area contributed by atoms with E-state index in [-0.39, 0.29) is 17.5 Å². The van der Waals surface area contributed by atoms with Gasteiger partial charge in [-0.25, -0.2) is 14.2 Å². The highest BCUT2D eigenvalue weighted by atomic mass is 32.1. The Hall–Kier alpha value is -2.75. The number of aliphatic hydroxyl groups is 1. The van der Waals surface area contributed by atoms with E-state index in [2.05, 4.69) is 4.98 Å². The number of hydrogen-bond acceptors (Lipinski definition) is 7. The Morgan fingerprint density at radius 1 is 1.17 bits per heavy atom. The van der Waals surface area contributed by atoms with E-state index in [4.69, 9.17) is 14.2 Å². The molecule has 2 atom stereocenters. The number of halogens is 1. The fraction of sp³-hybridized carbons (Fsp3) is 0.462. The topological polar surface area (TPSA) is 98.1 Å². The van der Waals surface area contributed by atoms with Crippen molar-refractivity contribution in [2.45, 2.75) is 51.2 Å². The summed E-state index contributed by atoms with van der Waals surface area (Å²) in [5.74, 6) is -0.240. The molecule has 0 spiro atoms. The normalized spacial score (nSPS) is 15.9. The first kappa shape index (κ1) is 25.3. The largest absolute Gasteiger partial charge is 0.496 e. The molecule has 1 heterocycles. The maximum Gasteiger partial charge on any atom is 0.338 e. The number of aromatic nitrogens is 1. The van der Waals surface area contributed by atoms with Crippen molar-refractivity contribution in [3.05, 3.63) is 51.8 Å². The van der Waals surface area contributed by atoms with Crippen LogP contribution in [0.25, 0.3) is 10.2 Å². The summed E-state index contributed by atoms with van der Waals surface area (Å²) >= 11 is 1.20. The number of aromatic carboxylic acids is 1. The molecule has 2 aromatic carbocycles. The Labute approximate surface area is 207 Å². The van der Waals surface area contributed by atoms with Crippen LogP contribution in [0.1, 0.15) is 58.3 Å². The Morgan fingerprint density at radius 3 is 2.43 bits per heavy atom. The van der Waals surface area contributed by atoms with Crippen molar-refractivity contribution in [2.24, 2.45) is 5.92 Å². The van der Waals surface area contributed by atoms with Gasteiger partial charge in [-0.1, -0.05) is 12.8 Å². The van der Waals surface area contributed by atoms with E-state index in [1.54, 1.807) is 26.4 Å². The van der Waals surface area contributed by atoms with Crippen molar-refractivity contribution < 1.29 is 33.6 Å². The monoisotopic (exact) mass is 503 g/mol. The van der Waals surface area contributed by atoms with Crippen molar-refractivity contribution in [1.82, 2.24) is 4.98 Å². The fourth-order valence-electron chi connectivity index (χ4n) is 4.65. The number of carboxylic acid groups (broad SMARTS) is 1. The molecule has 1 aromatic heterocycles. The molecular weight excluding hydrogens is 473 g/mol. The minimum Gasteiger partial charge on any atom is -0.496 e. The number of fused-ring (bicyclic) bond motifs is 1. The average Bonchev–Trinajstić information content (AvgIpc) is 3.50.